The quantitative estimate of drug-likeness (QED) is 0.583. The van der Waals surface area contributed by atoms with E-state index in [0.29, 0.717) is 19.6 Å². The molecule has 2 aromatic rings. The molecule has 172 valence electrons. The Labute approximate surface area is 200 Å². The number of hydrogen-bond acceptors (Lipinski definition) is 4. The second-order valence-electron chi connectivity index (χ2n) is 9.12. The van der Waals surface area contributed by atoms with Crippen molar-refractivity contribution in [2.75, 3.05) is 39.3 Å². The molecule has 0 aromatic heterocycles. The molecule has 5 nitrogen and oxygen atoms in total. The Kier molecular flexibility index (Phi) is 6.83. The Morgan fingerprint density at radius 2 is 1.55 bits per heavy atom. The first kappa shape index (κ1) is 22.2. The van der Waals surface area contributed by atoms with Crippen molar-refractivity contribution in [3.63, 3.8) is 0 Å². The topological polar surface area (TPSA) is 52.7 Å². The standard InChI is InChI=1S/C27H31N3O2S/c31-19-30-16-11-21(12-17-30)27(32)28-13-18-29-14-9-20(10-15-29)26-22-5-1-3-7-24(22)33-25-8-4-2-6-23(25)26/h1-8,19,21H,9-18H2,(H,28,32). The van der Waals surface area contributed by atoms with Gasteiger partial charge in [-0.05, 0) is 54.5 Å². The average Bonchev–Trinajstić information content (AvgIpc) is 2.88. The third-order valence-electron chi connectivity index (χ3n) is 7.12. The van der Waals surface area contributed by atoms with Crippen LogP contribution in [0.4, 0.5) is 0 Å². The monoisotopic (exact) mass is 461 g/mol. The van der Waals surface area contributed by atoms with Gasteiger partial charge < -0.3 is 15.1 Å². The molecule has 2 aromatic carbocycles. The highest BCUT2D eigenvalue weighted by atomic mass is 32.2. The molecule has 0 aliphatic carbocycles. The molecule has 33 heavy (non-hydrogen) atoms. The minimum atomic E-state index is 0.0446. The Morgan fingerprint density at radius 3 is 2.15 bits per heavy atom. The molecular weight excluding hydrogens is 430 g/mol. The maximum Gasteiger partial charge on any atom is 0.223 e. The van der Waals surface area contributed by atoms with Crippen molar-refractivity contribution in [1.29, 1.82) is 0 Å². The number of rotatable bonds is 5. The van der Waals surface area contributed by atoms with E-state index < -0.39 is 0 Å². The van der Waals surface area contributed by atoms with Crippen LogP contribution >= 0.6 is 11.8 Å². The minimum absolute atomic E-state index is 0.0446. The molecule has 6 heteroatoms. The summed E-state index contributed by atoms with van der Waals surface area (Å²) in [5.41, 5.74) is 5.74. The van der Waals surface area contributed by atoms with Gasteiger partial charge in [-0.25, -0.2) is 0 Å². The van der Waals surface area contributed by atoms with E-state index in [9.17, 15) is 9.59 Å². The highest BCUT2D eigenvalue weighted by Gasteiger charge is 2.26. The van der Waals surface area contributed by atoms with Crippen LogP contribution in [-0.4, -0.2) is 61.4 Å². The molecule has 0 unspecified atom stereocenters. The maximum atomic E-state index is 12.5. The van der Waals surface area contributed by atoms with Gasteiger partial charge in [0.25, 0.3) is 0 Å². The third kappa shape index (κ3) is 4.87. The second-order valence-corrected chi connectivity index (χ2v) is 10.2. The van der Waals surface area contributed by atoms with Crippen LogP contribution in [0.2, 0.25) is 0 Å². The smallest absolute Gasteiger partial charge is 0.223 e. The summed E-state index contributed by atoms with van der Waals surface area (Å²) >= 11 is 1.87. The number of carbonyl (C=O) groups excluding carboxylic acids is 2. The number of likely N-dealkylation sites (tertiary alicyclic amines) is 2. The van der Waals surface area contributed by atoms with Crippen molar-refractivity contribution >= 4 is 29.7 Å². The number of hydrogen-bond donors (Lipinski definition) is 1. The van der Waals surface area contributed by atoms with Gasteiger partial charge in [0.05, 0.1) is 0 Å². The molecule has 5 rings (SSSR count). The lowest BCUT2D eigenvalue weighted by atomic mass is 9.88. The Morgan fingerprint density at radius 1 is 0.939 bits per heavy atom. The highest BCUT2D eigenvalue weighted by molar-refractivity contribution is 7.99. The summed E-state index contributed by atoms with van der Waals surface area (Å²) in [4.78, 5) is 30.2. The van der Waals surface area contributed by atoms with Crippen molar-refractivity contribution in [3.05, 3.63) is 65.2 Å². The van der Waals surface area contributed by atoms with E-state index in [0.717, 1.165) is 51.7 Å². The number of nitrogens with one attached hydrogen (secondary N) is 1. The first-order chi connectivity index (χ1) is 16.2. The molecule has 3 heterocycles. The second kappa shape index (κ2) is 10.1. The van der Waals surface area contributed by atoms with E-state index in [2.05, 4.69) is 58.7 Å². The Balaban J connectivity index is 1.18. The SMILES string of the molecule is O=CN1CCC(C(=O)NCCN2CCC(=C3c4ccccc4Sc4ccccc43)CC2)CC1. The van der Waals surface area contributed by atoms with Crippen LogP contribution < -0.4 is 5.32 Å². The molecule has 3 aliphatic heterocycles. The van der Waals surface area contributed by atoms with Gasteiger partial charge in [0.15, 0.2) is 0 Å². The molecule has 2 saturated heterocycles. The summed E-state index contributed by atoms with van der Waals surface area (Å²) in [5, 5.41) is 3.13. The van der Waals surface area contributed by atoms with Gasteiger partial charge in [-0.1, -0.05) is 53.7 Å². The van der Waals surface area contributed by atoms with Crippen LogP contribution in [-0.2, 0) is 9.59 Å². The Bertz CT molecular complexity index is 1000. The lowest BCUT2D eigenvalue weighted by molar-refractivity contribution is -0.128. The molecule has 0 radical (unpaired) electrons. The van der Waals surface area contributed by atoms with Gasteiger partial charge in [0, 0.05) is 55.0 Å². The fourth-order valence-corrected chi connectivity index (χ4v) is 6.30. The molecule has 3 aliphatic rings. The highest BCUT2D eigenvalue weighted by Crippen LogP contribution is 2.47. The molecular formula is C27H31N3O2S. The van der Waals surface area contributed by atoms with Gasteiger partial charge in [-0.3, -0.25) is 9.59 Å². The van der Waals surface area contributed by atoms with E-state index in [4.69, 9.17) is 0 Å². The maximum absolute atomic E-state index is 12.5. The van der Waals surface area contributed by atoms with Crippen LogP contribution in [0.25, 0.3) is 5.57 Å². The van der Waals surface area contributed by atoms with Gasteiger partial charge in [0.1, 0.15) is 0 Å². The first-order valence-corrected chi connectivity index (χ1v) is 12.8. The van der Waals surface area contributed by atoms with E-state index in [1.165, 1.54) is 26.5 Å². The molecule has 0 atom stereocenters. The molecule has 2 amide bonds. The zero-order valence-corrected chi connectivity index (χ0v) is 19.8. The molecule has 0 bridgehead atoms. The minimum Gasteiger partial charge on any atom is -0.355 e. The number of piperidine rings is 2. The molecule has 2 fully saturated rings. The fraction of sp³-hybridized carbons (Fsp3) is 0.407. The van der Waals surface area contributed by atoms with Gasteiger partial charge in [-0.2, -0.15) is 0 Å². The van der Waals surface area contributed by atoms with Gasteiger partial charge >= 0.3 is 0 Å². The van der Waals surface area contributed by atoms with E-state index >= 15 is 0 Å². The predicted octanol–water partition coefficient (Wildman–Crippen LogP) is 4.03. The van der Waals surface area contributed by atoms with Crippen LogP contribution in [0.1, 0.15) is 36.8 Å². The predicted molar refractivity (Wildman–Crippen MR) is 132 cm³/mol. The number of nitrogens with zero attached hydrogens (tertiary/aromatic N) is 2. The fourth-order valence-electron chi connectivity index (χ4n) is 5.21. The average molecular weight is 462 g/mol. The summed E-state index contributed by atoms with van der Waals surface area (Å²) in [6, 6.07) is 17.6. The lowest BCUT2D eigenvalue weighted by Gasteiger charge is -2.32. The number of carbonyl (C=O) groups is 2. The van der Waals surface area contributed by atoms with Crippen molar-refractivity contribution in [2.45, 2.75) is 35.5 Å². The summed E-state index contributed by atoms with van der Waals surface area (Å²) in [6.07, 6.45) is 4.57. The lowest BCUT2D eigenvalue weighted by Crippen LogP contribution is -2.43. The third-order valence-corrected chi connectivity index (χ3v) is 8.27. The Hall–Kier alpha value is -2.57. The van der Waals surface area contributed by atoms with Crippen molar-refractivity contribution in [1.82, 2.24) is 15.1 Å². The van der Waals surface area contributed by atoms with Gasteiger partial charge in [0.2, 0.25) is 12.3 Å². The zero-order chi connectivity index (χ0) is 22.6. The van der Waals surface area contributed by atoms with Crippen LogP contribution in [0.15, 0.2) is 63.9 Å². The van der Waals surface area contributed by atoms with Crippen molar-refractivity contribution < 1.29 is 9.59 Å². The van der Waals surface area contributed by atoms with E-state index in [1.54, 1.807) is 10.5 Å². The first-order valence-electron chi connectivity index (χ1n) is 12.0. The molecule has 0 saturated carbocycles. The normalized spacial score (nSPS) is 19.1. The summed E-state index contributed by atoms with van der Waals surface area (Å²) in [5.74, 6) is 0.191. The van der Waals surface area contributed by atoms with Crippen LogP contribution in [0.5, 0.6) is 0 Å². The van der Waals surface area contributed by atoms with E-state index in [-0.39, 0.29) is 11.8 Å². The number of benzene rings is 2. The summed E-state index contributed by atoms with van der Waals surface area (Å²) < 4.78 is 0. The van der Waals surface area contributed by atoms with Crippen LogP contribution in [0, 0.1) is 5.92 Å². The zero-order valence-electron chi connectivity index (χ0n) is 19.0. The largest absolute Gasteiger partial charge is 0.355 e. The summed E-state index contributed by atoms with van der Waals surface area (Å²) in [7, 11) is 0. The summed E-state index contributed by atoms with van der Waals surface area (Å²) in [6.45, 7) is 5.03. The molecule has 0 spiro atoms. The van der Waals surface area contributed by atoms with Gasteiger partial charge in [-0.15, -0.1) is 0 Å². The number of amides is 2. The molecule has 1 N–H and O–H groups in total. The van der Waals surface area contributed by atoms with Crippen LogP contribution in [0.3, 0.4) is 0 Å². The van der Waals surface area contributed by atoms with Crippen molar-refractivity contribution in [2.24, 2.45) is 5.92 Å². The van der Waals surface area contributed by atoms with E-state index in [1.807, 2.05) is 11.8 Å². The number of fused-ring (bicyclic) bond motifs is 2. The van der Waals surface area contributed by atoms with Crippen molar-refractivity contribution in [3.8, 4) is 0 Å².